The maximum atomic E-state index is 11.7. The summed E-state index contributed by atoms with van der Waals surface area (Å²) < 4.78 is 0. The van der Waals surface area contributed by atoms with E-state index in [-0.39, 0.29) is 6.04 Å². The lowest BCUT2D eigenvalue weighted by molar-refractivity contribution is -0.143. The lowest BCUT2D eigenvalue weighted by Gasteiger charge is -2.16. The van der Waals surface area contributed by atoms with Gasteiger partial charge in [-0.05, 0) is 25.7 Å². The second-order valence-corrected chi connectivity index (χ2v) is 4.73. The fourth-order valence-corrected chi connectivity index (χ4v) is 1.91. The van der Waals surface area contributed by atoms with Gasteiger partial charge in [0.25, 0.3) is 0 Å². The van der Waals surface area contributed by atoms with Crippen molar-refractivity contribution in [3.05, 3.63) is 0 Å². The number of urea groups is 1. The minimum absolute atomic E-state index is 0.0405. The van der Waals surface area contributed by atoms with Crippen LogP contribution in [-0.2, 0) is 14.4 Å². The monoisotopic (exact) mass is 253 g/mol. The van der Waals surface area contributed by atoms with Crippen LogP contribution in [0.2, 0.25) is 0 Å². The average Bonchev–Trinajstić information content (AvgIpc) is 3.13. The van der Waals surface area contributed by atoms with Crippen molar-refractivity contribution in [2.24, 2.45) is 5.92 Å². The van der Waals surface area contributed by atoms with Gasteiger partial charge in [-0.25, -0.2) is 9.69 Å². The summed E-state index contributed by atoms with van der Waals surface area (Å²) in [4.78, 5) is 47.2. The molecule has 1 N–H and O–H groups in total. The minimum atomic E-state index is -0.947. The van der Waals surface area contributed by atoms with Crippen LogP contribution in [0.3, 0.4) is 0 Å². The number of imide groups is 2. The number of likely N-dealkylation sites (N-methyl/N-ethyl adjacent to an activating group) is 1. The lowest BCUT2D eigenvalue weighted by Crippen LogP contribution is -2.44. The van der Waals surface area contributed by atoms with Crippen LogP contribution < -0.4 is 5.32 Å². The van der Waals surface area contributed by atoms with E-state index in [1.165, 1.54) is 7.05 Å². The summed E-state index contributed by atoms with van der Waals surface area (Å²) in [5.74, 6) is -1.78. The first-order chi connectivity index (χ1) is 8.41. The van der Waals surface area contributed by atoms with Crippen LogP contribution in [0.15, 0.2) is 0 Å². The first-order valence-electron chi connectivity index (χ1n) is 5.84. The van der Waals surface area contributed by atoms with Crippen molar-refractivity contribution in [1.29, 1.82) is 0 Å². The summed E-state index contributed by atoms with van der Waals surface area (Å²) >= 11 is 0. The first kappa shape index (κ1) is 12.5. The summed E-state index contributed by atoms with van der Waals surface area (Å²) in [5.41, 5.74) is 0. The summed E-state index contributed by atoms with van der Waals surface area (Å²) in [6.45, 7) is 1.49. The number of rotatable bonds is 4. The smallest absolute Gasteiger partial charge is 0.334 e. The molecule has 1 atom stereocenters. The molecule has 98 valence electrons. The van der Waals surface area contributed by atoms with E-state index in [0.717, 1.165) is 12.8 Å². The molecule has 0 aromatic heterocycles. The largest absolute Gasteiger partial charge is 0.352 e. The van der Waals surface area contributed by atoms with Gasteiger partial charge in [-0.2, -0.15) is 0 Å². The van der Waals surface area contributed by atoms with Gasteiger partial charge in [0.15, 0.2) is 0 Å². The zero-order valence-corrected chi connectivity index (χ0v) is 10.3. The van der Waals surface area contributed by atoms with E-state index in [9.17, 15) is 19.2 Å². The zero-order chi connectivity index (χ0) is 13.4. The average molecular weight is 253 g/mol. The van der Waals surface area contributed by atoms with Crippen molar-refractivity contribution in [3.63, 3.8) is 0 Å². The van der Waals surface area contributed by atoms with Gasteiger partial charge in [0, 0.05) is 13.1 Å². The molecule has 2 fully saturated rings. The number of carbonyl (C=O) groups excluding carboxylic acids is 4. The second-order valence-electron chi connectivity index (χ2n) is 4.73. The molecule has 7 nitrogen and oxygen atoms in total. The second kappa shape index (κ2) is 4.40. The van der Waals surface area contributed by atoms with E-state index in [4.69, 9.17) is 0 Å². The highest BCUT2D eigenvalue weighted by molar-refractivity contribution is 6.44. The number of hydrogen-bond acceptors (Lipinski definition) is 4. The van der Waals surface area contributed by atoms with Gasteiger partial charge in [0.2, 0.25) is 5.91 Å². The van der Waals surface area contributed by atoms with Gasteiger partial charge >= 0.3 is 17.8 Å². The van der Waals surface area contributed by atoms with Gasteiger partial charge in [-0.15, -0.1) is 0 Å². The molecule has 1 saturated heterocycles. The van der Waals surface area contributed by atoms with Gasteiger partial charge in [0.1, 0.15) is 6.54 Å². The fourth-order valence-electron chi connectivity index (χ4n) is 1.91. The summed E-state index contributed by atoms with van der Waals surface area (Å²) in [5, 5.41) is 2.72. The molecule has 2 aliphatic rings. The third-order valence-corrected chi connectivity index (χ3v) is 3.27. The molecule has 18 heavy (non-hydrogen) atoms. The maximum absolute atomic E-state index is 11.7. The summed E-state index contributed by atoms with van der Waals surface area (Å²) in [7, 11) is 1.22. The molecular formula is C11H15N3O4. The number of carbonyl (C=O) groups is 4. The van der Waals surface area contributed by atoms with E-state index < -0.39 is 30.3 Å². The third-order valence-electron chi connectivity index (χ3n) is 3.27. The van der Waals surface area contributed by atoms with Crippen molar-refractivity contribution in [2.45, 2.75) is 25.8 Å². The first-order valence-corrected chi connectivity index (χ1v) is 5.84. The Morgan fingerprint density at radius 3 is 2.39 bits per heavy atom. The van der Waals surface area contributed by atoms with Crippen LogP contribution in [0, 0.1) is 5.92 Å². The molecule has 2 rings (SSSR count). The zero-order valence-electron chi connectivity index (χ0n) is 10.3. The lowest BCUT2D eigenvalue weighted by atomic mass is 10.2. The number of nitrogens with one attached hydrogen (secondary N) is 1. The van der Waals surface area contributed by atoms with Gasteiger partial charge in [-0.3, -0.25) is 19.3 Å². The predicted octanol–water partition coefficient (Wildman–Crippen LogP) is -0.678. The van der Waals surface area contributed by atoms with Crippen LogP contribution in [0.4, 0.5) is 4.79 Å². The van der Waals surface area contributed by atoms with Gasteiger partial charge in [0.05, 0.1) is 0 Å². The van der Waals surface area contributed by atoms with Crippen LogP contribution in [0.1, 0.15) is 19.8 Å². The predicted molar refractivity (Wildman–Crippen MR) is 60.2 cm³/mol. The number of hydrogen-bond donors (Lipinski definition) is 1. The molecule has 0 bridgehead atoms. The fraction of sp³-hybridized carbons (Fsp3) is 0.636. The number of nitrogens with zero attached hydrogens (tertiary/aromatic N) is 2. The molecule has 1 saturated carbocycles. The molecule has 0 unspecified atom stereocenters. The highest BCUT2D eigenvalue weighted by Crippen LogP contribution is 2.32. The van der Waals surface area contributed by atoms with E-state index in [1.807, 2.05) is 6.92 Å². The van der Waals surface area contributed by atoms with Crippen LogP contribution in [0.5, 0.6) is 0 Å². The van der Waals surface area contributed by atoms with Gasteiger partial charge < -0.3 is 5.32 Å². The van der Waals surface area contributed by atoms with Crippen LogP contribution in [-0.4, -0.2) is 53.2 Å². The van der Waals surface area contributed by atoms with E-state index >= 15 is 0 Å². The Kier molecular flexibility index (Phi) is 3.06. The Labute approximate surface area is 104 Å². The molecule has 1 aliphatic heterocycles. The summed E-state index contributed by atoms with van der Waals surface area (Å²) in [6, 6.07) is -0.710. The van der Waals surface area contributed by atoms with Crippen molar-refractivity contribution in [1.82, 2.24) is 15.1 Å². The maximum Gasteiger partial charge on any atom is 0.334 e. The molecule has 0 aromatic rings. The Balaban J connectivity index is 1.92. The molecule has 7 heteroatoms. The molecule has 5 amide bonds. The normalized spacial score (nSPS) is 21.6. The molecule has 1 heterocycles. The Bertz CT molecular complexity index is 430. The Morgan fingerprint density at radius 1 is 1.33 bits per heavy atom. The van der Waals surface area contributed by atoms with E-state index in [2.05, 4.69) is 5.32 Å². The van der Waals surface area contributed by atoms with Gasteiger partial charge in [-0.1, -0.05) is 0 Å². The number of amides is 5. The van der Waals surface area contributed by atoms with Crippen LogP contribution >= 0.6 is 0 Å². The van der Waals surface area contributed by atoms with Crippen molar-refractivity contribution < 1.29 is 19.2 Å². The standard InChI is InChI=1S/C11H15N3O4/c1-6(7-3-4-7)12-8(15)5-14-10(17)9(16)13(2)11(14)18/h6-7H,3-5H2,1-2H3,(H,12,15)/t6-/m0/s1. The highest BCUT2D eigenvalue weighted by atomic mass is 16.2. The highest BCUT2D eigenvalue weighted by Gasteiger charge is 2.43. The molecule has 0 spiro atoms. The SMILES string of the molecule is C[C@H](NC(=O)CN1C(=O)C(=O)N(C)C1=O)C1CC1. The Morgan fingerprint density at radius 2 is 1.94 bits per heavy atom. The molecular weight excluding hydrogens is 238 g/mol. The molecule has 0 aromatic carbocycles. The Hall–Kier alpha value is -1.92. The van der Waals surface area contributed by atoms with E-state index in [0.29, 0.717) is 15.7 Å². The third kappa shape index (κ3) is 2.20. The quantitative estimate of drug-likeness (QED) is 0.531. The van der Waals surface area contributed by atoms with Crippen LogP contribution in [0.25, 0.3) is 0 Å². The molecule has 0 radical (unpaired) electrons. The molecule has 1 aliphatic carbocycles. The van der Waals surface area contributed by atoms with E-state index in [1.54, 1.807) is 0 Å². The van der Waals surface area contributed by atoms with Crippen molar-refractivity contribution >= 4 is 23.8 Å². The summed E-state index contributed by atoms with van der Waals surface area (Å²) in [6.07, 6.45) is 2.18. The minimum Gasteiger partial charge on any atom is -0.352 e. The topological polar surface area (TPSA) is 86.8 Å². The van der Waals surface area contributed by atoms with Crippen molar-refractivity contribution in [3.8, 4) is 0 Å². The van der Waals surface area contributed by atoms with Crippen molar-refractivity contribution in [2.75, 3.05) is 13.6 Å².